The van der Waals surface area contributed by atoms with Crippen LogP contribution in [0.5, 0.6) is 0 Å². The summed E-state index contributed by atoms with van der Waals surface area (Å²) in [6.45, 7) is 4.39. The fraction of sp³-hybridized carbons (Fsp3) is 0.250. The Labute approximate surface area is 142 Å². The highest BCUT2D eigenvalue weighted by molar-refractivity contribution is 5.79. The van der Waals surface area contributed by atoms with Gasteiger partial charge >= 0.3 is 0 Å². The van der Waals surface area contributed by atoms with E-state index in [-0.39, 0.29) is 0 Å². The van der Waals surface area contributed by atoms with Crippen molar-refractivity contribution in [2.45, 2.75) is 6.67 Å². The maximum Gasteiger partial charge on any atom is 0.134 e. The molecule has 0 radical (unpaired) electrons. The second kappa shape index (κ2) is 6.99. The number of imidazole rings is 1. The van der Waals surface area contributed by atoms with Gasteiger partial charge in [0.15, 0.2) is 0 Å². The molecule has 1 aliphatic heterocycles. The molecule has 0 N–H and O–H groups in total. The molecule has 1 aromatic heterocycles. The average Bonchev–Trinajstić information content (AvgIpc) is 2.99. The van der Waals surface area contributed by atoms with Crippen molar-refractivity contribution in [2.75, 3.05) is 26.3 Å². The van der Waals surface area contributed by atoms with Gasteiger partial charge in [-0.25, -0.2) is 4.98 Å². The quantitative estimate of drug-likeness (QED) is 0.737. The summed E-state index contributed by atoms with van der Waals surface area (Å²) in [4.78, 5) is 7.23. The van der Waals surface area contributed by atoms with Gasteiger partial charge in [-0.1, -0.05) is 48.5 Å². The van der Waals surface area contributed by atoms with E-state index < -0.39 is 0 Å². The van der Waals surface area contributed by atoms with Crippen LogP contribution in [-0.4, -0.2) is 40.8 Å². The Balaban J connectivity index is 1.68. The van der Waals surface area contributed by atoms with E-state index in [1.165, 1.54) is 11.1 Å². The van der Waals surface area contributed by atoms with E-state index in [0.717, 1.165) is 44.3 Å². The third-order valence-corrected chi connectivity index (χ3v) is 4.35. The van der Waals surface area contributed by atoms with Crippen LogP contribution >= 0.6 is 0 Å². The Morgan fingerprint density at radius 3 is 2.50 bits per heavy atom. The van der Waals surface area contributed by atoms with Crippen molar-refractivity contribution in [1.82, 2.24) is 14.5 Å². The summed E-state index contributed by atoms with van der Waals surface area (Å²) >= 11 is 0. The minimum Gasteiger partial charge on any atom is -0.379 e. The zero-order chi connectivity index (χ0) is 16.2. The van der Waals surface area contributed by atoms with Gasteiger partial charge in [-0.2, -0.15) is 0 Å². The lowest BCUT2D eigenvalue weighted by atomic mass is 10.2. The second-order valence-corrected chi connectivity index (χ2v) is 6.00. The van der Waals surface area contributed by atoms with Crippen molar-refractivity contribution >= 4 is 23.2 Å². The Hall–Kier alpha value is -2.43. The van der Waals surface area contributed by atoms with Gasteiger partial charge in [-0.3, -0.25) is 4.90 Å². The Bertz CT molecular complexity index is 832. The van der Waals surface area contributed by atoms with Crippen LogP contribution < -0.4 is 0 Å². The summed E-state index contributed by atoms with van der Waals surface area (Å²) in [7, 11) is 0. The van der Waals surface area contributed by atoms with E-state index in [1.807, 2.05) is 12.1 Å². The normalized spacial score (nSPS) is 16.2. The smallest absolute Gasteiger partial charge is 0.134 e. The lowest BCUT2D eigenvalue weighted by Crippen LogP contribution is -2.37. The first kappa shape index (κ1) is 15.1. The van der Waals surface area contributed by atoms with Gasteiger partial charge in [0.1, 0.15) is 5.82 Å². The molecule has 0 aliphatic carbocycles. The second-order valence-electron chi connectivity index (χ2n) is 6.00. The molecule has 2 heterocycles. The van der Waals surface area contributed by atoms with Crippen molar-refractivity contribution in [1.29, 1.82) is 0 Å². The highest BCUT2D eigenvalue weighted by Gasteiger charge is 2.14. The van der Waals surface area contributed by atoms with E-state index in [2.05, 4.69) is 64.1 Å². The summed E-state index contributed by atoms with van der Waals surface area (Å²) < 4.78 is 7.75. The Kier molecular flexibility index (Phi) is 4.40. The van der Waals surface area contributed by atoms with E-state index in [1.54, 1.807) is 0 Å². The van der Waals surface area contributed by atoms with Gasteiger partial charge in [0.05, 0.1) is 30.9 Å². The third kappa shape index (κ3) is 3.25. The lowest BCUT2D eigenvalue weighted by molar-refractivity contribution is 0.0240. The SMILES string of the molecule is C(=C\c1nc2ccccc2n1CN1CCOCC1)/c1ccccc1. The number of rotatable bonds is 4. The van der Waals surface area contributed by atoms with E-state index in [0.29, 0.717) is 0 Å². The van der Waals surface area contributed by atoms with E-state index in [9.17, 15) is 0 Å². The minimum atomic E-state index is 0.807. The first-order valence-corrected chi connectivity index (χ1v) is 8.39. The van der Waals surface area contributed by atoms with Gasteiger partial charge in [0.25, 0.3) is 0 Å². The number of hydrogen-bond donors (Lipinski definition) is 0. The molecule has 0 spiro atoms. The topological polar surface area (TPSA) is 30.3 Å². The van der Waals surface area contributed by atoms with Gasteiger partial charge in [0.2, 0.25) is 0 Å². The molecule has 1 saturated heterocycles. The van der Waals surface area contributed by atoms with Gasteiger partial charge < -0.3 is 9.30 Å². The summed E-state index contributed by atoms with van der Waals surface area (Å²) in [5.74, 6) is 0.992. The van der Waals surface area contributed by atoms with E-state index >= 15 is 0 Å². The van der Waals surface area contributed by atoms with Crippen LogP contribution in [0.25, 0.3) is 23.2 Å². The number of fused-ring (bicyclic) bond motifs is 1. The van der Waals surface area contributed by atoms with Crippen LogP contribution in [0.3, 0.4) is 0 Å². The number of benzene rings is 2. The van der Waals surface area contributed by atoms with Crippen molar-refractivity contribution < 1.29 is 4.74 Å². The molecule has 24 heavy (non-hydrogen) atoms. The summed E-state index contributed by atoms with van der Waals surface area (Å²) in [6, 6.07) is 18.7. The first-order chi connectivity index (χ1) is 11.9. The van der Waals surface area contributed by atoms with Crippen LogP contribution in [0.4, 0.5) is 0 Å². The molecular formula is C20H21N3O. The molecule has 4 nitrogen and oxygen atoms in total. The first-order valence-electron chi connectivity index (χ1n) is 8.39. The number of nitrogens with zero attached hydrogens (tertiary/aromatic N) is 3. The third-order valence-electron chi connectivity index (χ3n) is 4.35. The number of ether oxygens (including phenoxy) is 1. The molecule has 2 aromatic carbocycles. The van der Waals surface area contributed by atoms with Crippen LogP contribution in [0.15, 0.2) is 54.6 Å². The molecule has 0 saturated carbocycles. The van der Waals surface area contributed by atoms with Crippen molar-refractivity contribution in [3.05, 3.63) is 66.0 Å². The van der Waals surface area contributed by atoms with Crippen molar-refractivity contribution in [3.8, 4) is 0 Å². The fourth-order valence-electron chi connectivity index (χ4n) is 3.05. The lowest BCUT2D eigenvalue weighted by Gasteiger charge is -2.27. The monoisotopic (exact) mass is 319 g/mol. The standard InChI is InChI=1S/C20H21N3O/c1-2-6-17(7-3-1)10-11-20-21-18-8-4-5-9-19(18)23(20)16-22-12-14-24-15-13-22/h1-11H,12-16H2/b11-10+. The van der Waals surface area contributed by atoms with Crippen LogP contribution in [0, 0.1) is 0 Å². The van der Waals surface area contributed by atoms with Gasteiger partial charge in [-0.05, 0) is 23.8 Å². The fourth-order valence-corrected chi connectivity index (χ4v) is 3.05. The number of morpholine rings is 1. The Morgan fingerprint density at radius 1 is 0.917 bits per heavy atom. The van der Waals surface area contributed by atoms with Crippen molar-refractivity contribution in [3.63, 3.8) is 0 Å². The van der Waals surface area contributed by atoms with Crippen LogP contribution in [0.2, 0.25) is 0 Å². The zero-order valence-corrected chi connectivity index (χ0v) is 13.6. The maximum atomic E-state index is 5.46. The molecule has 1 fully saturated rings. The maximum absolute atomic E-state index is 5.46. The van der Waals surface area contributed by atoms with Gasteiger partial charge in [0, 0.05) is 13.1 Å². The van der Waals surface area contributed by atoms with Gasteiger partial charge in [-0.15, -0.1) is 0 Å². The molecule has 4 rings (SSSR count). The molecule has 1 aliphatic rings. The molecule has 0 atom stereocenters. The van der Waals surface area contributed by atoms with E-state index in [4.69, 9.17) is 9.72 Å². The molecule has 0 bridgehead atoms. The summed E-state index contributed by atoms with van der Waals surface area (Å²) in [5.41, 5.74) is 3.40. The molecule has 122 valence electrons. The number of hydrogen-bond acceptors (Lipinski definition) is 3. The van der Waals surface area contributed by atoms with Crippen LogP contribution in [-0.2, 0) is 11.4 Å². The van der Waals surface area contributed by atoms with Crippen molar-refractivity contribution in [2.24, 2.45) is 0 Å². The Morgan fingerprint density at radius 2 is 1.67 bits per heavy atom. The predicted octanol–water partition coefficient (Wildman–Crippen LogP) is 3.50. The average molecular weight is 319 g/mol. The largest absolute Gasteiger partial charge is 0.379 e. The predicted molar refractivity (Wildman–Crippen MR) is 97.5 cm³/mol. The molecule has 0 unspecified atom stereocenters. The van der Waals surface area contributed by atoms with Crippen LogP contribution in [0.1, 0.15) is 11.4 Å². The summed E-state index contributed by atoms with van der Waals surface area (Å²) in [6.07, 6.45) is 4.23. The number of para-hydroxylation sites is 2. The summed E-state index contributed by atoms with van der Waals surface area (Å²) in [5, 5.41) is 0. The zero-order valence-electron chi connectivity index (χ0n) is 13.6. The molecule has 4 heteroatoms. The molecular weight excluding hydrogens is 298 g/mol. The number of aromatic nitrogens is 2. The minimum absolute atomic E-state index is 0.807. The molecule has 0 amide bonds. The highest BCUT2D eigenvalue weighted by atomic mass is 16.5. The highest BCUT2D eigenvalue weighted by Crippen LogP contribution is 2.19. The molecule has 3 aromatic rings.